The first-order valence-corrected chi connectivity index (χ1v) is 7.81. The lowest BCUT2D eigenvalue weighted by atomic mass is 10.1. The first-order valence-electron chi connectivity index (χ1n) is 7.81. The van der Waals surface area contributed by atoms with Gasteiger partial charge in [-0.15, -0.1) is 0 Å². The highest BCUT2D eigenvalue weighted by molar-refractivity contribution is 5.75. The van der Waals surface area contributed by atoms with E-state index in [4.69, 9.17) is 0 Å². The molecule has 0 unspecified atom stereocenters. The van der Waals surface area contributed by atoms with Crippen molar-refractivity contribution in [2.24, 2.45) is 0 Å². The molecule has 2 nitrogen and oxygen atoms in total. The predicted octanol–water partition coefficient (Wildman–Crippen LogP) is 4.35. The average molecular weight is 251 g/mol. The highest BCUT2D eigenvalue weighted by atomic mass is 16.1. The normalized spacial score (nSPS) is 23.9. The van der Waals surface area contributed by atoms with Gasteiger partial charge in [-0.05, 0) is 38.5 Å². The fraction of sp³-hybridized carbons (Fsp3) is 0.812. The number of rotatable bonds is 0. The molecule has 0 atom stereocenters. The maximum absolute atomic E-state index is 11.5. The maximum atomic E-state index is 11.5. The SMILES string of the molecule is O=C1CCCC/C=C\CCCCCCCCCN1. The second-order valence-electron chi connectivity index (χ2n) is 5.33. The van der Waals surface area contributed by atoms with E-state index in [1.165, 1.54) is 44.9 Å². The van der Waals surface area contributed by atoms with Gasteiger partial charge in [0, 0.05) is 13.0 Å². The van der Waals surface area contributed by atoms with Crippen molar-refractivity contribution in [3.8, 4) is 0 Å². The Morgan fingerprint density at radius 3 is 2.00 bits per heavy atom. The van der Waals surface area contributed by atoms with Gasteiger partial charge in [0.25, 0.3) is 0 Å². The Morgan fingerprint density at radius 1 is 0.722 bits per heavy atom. The molecule has 0 saturated heterocycles. The van der Waals surface area contributed by atoms with E-state index in [1.807, 2.05) is 0 Å². The van der Waals surface area contributed by atoms with Crippen molar-refractivity contribution in [2.75, 3.05) is 6.54 Å². The quantitative estimate of drug-likeness (QED) is 0.637. The summed E-state index contributed by atoms with van der Waals surface area (Å²) < 4.78 is 0. The molecule has 0 bridgehead atoms. The molecule has 0 saturated carbocycles. The first-order chi connectivity index (χ1) is 8.89. The minimum atomic E-state index is 0.239. The number of amides is 1. The summed E-state index contributed by atoms with van der Waals surface area (Å²) >= 11 is 0. The van der Waals surface area contributed by atoms with E-state index in [0.29, 0.717) is 6.42 Å². The molecule has 2 heteroatoms. The fourth-order valence-corrected chi connectivity index (χ4v) is 2.37. The van der Waals surface area contributed by atoms with Crippen LogP contribution in [0.15, 0.2) is 12.2 Å². The summed E-state index contributed by atoms with van der Waals surface area (Å²) in [7, 11) is 0. The molecule has 0 spiro atoms. The topological polar surface area (TPSA) is 29.1 Å². The maximum Gasteiger partial charge on any atom is 0.219 e. The lowest BCUT2D eigenvalue weighted by molar-refractivity contribution is -0.121. The fourth-order valence-electron chi connectivity index (χ4n) is 2.37. The Labute approximate surface area is 112 Å². The van der Waals surface area contributed by atoms with E-state index < -0.39 is 0 Å². The van der Waals surface area contributed by atoms with Crippen LogP contribution >= 0.6 is 0 Å². The molecule has 0 aromatic heterocycles. The Hall–Kier alpha value is -0.790. The second kappa shape index (κ2) is 11.3. The van der Waals surface area contributed by atoms with Crippen molar-refractivity contribution in [1.29, 1.82) is 0 Å². The predicted molar refractivity (Wildman–Crippen MR) is 77.6 cm³/mol. The standard InChI is InChI=1S/C16H29NO/c18-16-14-12-10-8-6-4-2-1-3-5-7-9-11-13-15-17-16/h4,6H,1-3,5,7-15H2,(H,17,18)/b6-4-. The minimum Gasteiger partial charge on any atom is -0.356 e. The van der Waals surface area contributed by atoms with Gasteiger partial charge >= 0.3 is 0 Å². The van der Waals surface area contributed by atoms with E-state index in [2.05, 4.69) is 17.5 Å². The van der Waals surface area contributed by atoms with Gasteiger partial charge in [0.2, 0.25) is 5.91 Å². The average Bonchev–Trinajstić information content (AvgIpc) is 2.37. The van der Waals surface area contributed by atoms with Gasteiger partial charge in [0.05, 0.1) is 0 Å². The lowest BCUT2D eigenvalue weighted by Gasteiger charge is -2.04. The molecule has 1 heterocycles. The minimum absolute atomic E-state index is 0.239. The van der Waals surface area contributed by atoms with E-state index in [-0.39, 0.29) is 5.91 Å². The lowest BCUT2D eigenvalue weighted by Crippen LogP contribution is -2.23. The zero-order valence-electron chi connectivity index (χ0n) is 11.8. The zero-order chi connectivity index (χ0) is 12.9. The molecule has 1 aliphatic heterocycles. The van der Waals surface area contributed by atoms with E-state index in [1.54, 1.807) is 0 Å². The van der Waals surface area contributed by atoms with Crippen LogP contribution in [0, 0.1) is 0 Å². The van der Waals surface area contributed by atoms with Crippen LogP contribution in [0.2, 0.25) is 0 Å². The van der Waals surface area contributed by atoms with E-state index in [0.717, 1.165) is 32.2 Å². The molecular weight excluding hydrogens is 222 g/mol. The van der Waals surface area contributed by atoms with Crippen molar-refractivity contribution in [1.82, 2.24) is 5.32 Å². The van der Waals surface area contributed by atoms with Crippen LogP contribution in [0.5, 0.6) is 0 Å². The van der Waals surface area contributed by atoms with Gasteiger partial charge in [0.1, 0.15) is 0 Å². The Morgan fingerprint density at radius 2 is 1.28 bits per heavy atom. The summed E-state index contributed by atoms with van der Waals surface area (Å²) in [6.07, 6.45) is 19.0. The first kappa shape index (κ1) is 15.3. The summed E-state index contributed by atoms with van der Waals surface area (Å²) in [5, 5.41) is 3.02. The van der Waals surface area contributed by atoms with E-state index in [9.17, 15) is 4.79 Å². The van der Waals surface area contributed by atoms with Crippen molar-refractivity contribution >= 4 is 5.91 Å². The van der Waals surface area contributed by atoms with Gasteiger partial charge < -0.3 is 5.32 Å². The summed E-state index contributed by atoms with van der Waals surface area (Å²) in [5.41, 5.74) is 0. The molecule has 0 fully saturated rings. The van der Waals surface area contributed by atoms with Crippen molar-refractivity contribution in [3.05, 3.63) is 12.2 Å². The van der Waals surface area contributed by atoms with Gasteiger partial charge in [-0.25, -0.2) is 0 Å². The van der Waals surface area contributed by atoms with Crippen molar-refractivity contribution in [2.45, 2.75) is 77.0 Å². The van der Waals surface area contributed by atoms with Crippen molar-refractivity contribution in [3.63, 3.8) is 0 Å². The number of carbonyl (C=O) groups excluding carboxylic acids is 1. The molecule has 0 radical (unpaired) electrons. The molecule has 0 aliphatic carbocycles. The van der Waals surface area contributed by atoms with Crippen LogP contribution < -0.4 is 5.32 Å². The van der Waals surface area contributed by atoms with Crippen molar-refractivity contribution < 1.29 is 4.79 Å². The van der Waals surface area contributed by atoms with Gasteiger partial charge in [-0.3, -0.25) is 4.79 Å². The van der Waals surface area contributed by atoms with Crippen LogP contribution in [0.3, 0.4) is 0 Å². The second-order valence-corrected chi connectivity index (χ2v) is 5.33. The number of carbonyl (C=O) groups is 1. The molecule has 0 aromatic rings. The molecule has 1 aliphatic rings. The molecular formula is C16H29NO. The van der Waals surface area contributed by atoms with Crippen LogP contribution in [0.1, 0.15) is 77.0 Å². The monoisotopic (exact) mass is 251 g/mol. The molecule has 0 aromatic carbocycles. The molecule has 1 amide bonds. The third-order valence-electron chi connectivity index (χ3n) is 3.56. The highest BCUT2D eigenvalue weighted by Crippen LogP contribution is 2.09. The third-order valence-corrected chi connectivity index (χ3v) is 3.56. The highest BCUT2D eigenvalue weighted by Gasteiger charge is 2.00. The molecule has 1 rings (SSSR count). The smallest absolute Gasteiger partial charge is 0.219 e. The Balaban J connectivity index is 2.17. The number of nitrogens with one attached hydrogen (secondary N) is 1. The Bertz CT molecular complexity index is 235. The molecule has 1 N–H and O–H groups in total. The summed E-state index contributed by atoms with van der Waals surface area (Å²) in [6, 6.07) is 0. The summed E-state index contributed by atoms with van der Waals surface area (Å²) in [4.78, 5) is 11.5. The van der Waals surface area contributed by atoms with Crippen LogP contribution in [0.4, 0.5) is 0 Å². The number of hydrogen-bond acceptors (Lipinski definition) is 1. The van der Waals surface area contributed by atoms with Crippen LogP contribution in [-0.4, -0.2) is 12.5 Å². The third kappa shape index (κ3) is 9.26. The largest absolute Gasteiger partial charge is 0.356 e. The van der Waals surface area contributed by atoms with E-state index >= 15 is 0 Å². The number of hydrogen-bond donors (Lipinski definition) is 1. The summed E-state index contributed by atoms with van der Waals surface area (Å²) in [5.74, 6) is 0.239. The van der Waals surface area contributed by atoms with Crippen LogP contribution in [-0.2, 0) is 4.79 Å². The van der Waals surface area contributed by atoms with Gasteiger partial charge in [0.15, 0.2) is 0 Å². The van der Waals surface area contributed by atoms with Gasteiger partial charge in [-0.2, -0.15) is 0 Å². The summed E-state index contributed by atoms with van der Waals surface area (Å²) in [6.45, 7) is 0.874. The van der Waals surface area contributed by atoms with Gasteiger partial charge in [-0.1, -0.05) is 44.3 Å². The van der Waals surface area contributed by atoms with Crippen LogP contribution in [0.25, 0.3) is 0 Å². The molecule has 104 valence electrons. The number of allylic oxidation sites excluding steroid dienone is 2. The Kier molecular flexibility index (Phi) is 9.59. The molecule has 18 heavy (non-hydrogen) atoms. The zero-order valence-corrected chi connectivity index (χ0v) is 11.8.